The molecule has 1 N–H and O–H groups in total. The topological polar surface area (TPSA) is 24.5 Å². The van der Waals surface area contributed by atoms with Crippen LogP contribution in [0.2, 0.25) is 0 Å². The average molecular weight is 242 g/mol. The summed E-state index contributed by atoms with van der Waals surface area (Å²) in [6.07, 6.45) is 4.26. The van der Waals surface area contributed by atoms with E-state index in [0.29, 0.717) is 18.1 Å². The van der Waals surface area contributed by atoms with Gasteiger partial charge in [0.05, 0.1) is 6.10 Å². The molecule has 0 saturated carbocycles. The van der Waals surface area contributed by atoms with Gasteiger partial charge >= 0.3 is 0 Å². The summed E-state index contributed by atoms with van der Waals surface area (Å²) >= 11 is 0. The molecule has 1 fully saturated rings. The Morgan fingerprint density at radius 3 is 2.65 bits per heavy atom. The van der Waals surface area contributed by atoms with Crippen LogP contribution in [0.1, 0.15) is 40.0 Å². The molecule has 1 rings (SSSR count). The van der Waals surface area contributed by atoms with Crippen LogP contribution < -0.4 is 5.32 Å². The number of hydrogen-bond acceptors (Lipinski definition) is 3. The molecule has 0 radical (unpaired) electrons. The summed E-state index contributed by atoms with van der Waals surface area (Å²) in [5, 5.41) is 3.47. The molecule has 2 atom stereocenters. The fourth-order valence-corrected chi connectivity index (χ4v) is 2.60. The number of likely N-dealkylation sites (N-methyl/N-ethyl adjacent to an activating group) is 2. The SMILES string of the molecule is CCNCC(C(C)C)N(C)CC1CCCCO1. The summed E-state index contributed by atoms with van der Waals surface area (Å²) in [6, 6.07) is 0.612. The van der Waals surface area contributed by atoms with Gasteiger partial charge in [0.15, 0.2) is 0 Å². The summed E-state index contributed by atoms with van der Waals surface area (Å²) < 4.78 is 5.82. The first kappa shape index (κ1) is 14.9. The molecule has 0 spiro atoms. The van der Waals surface area contributed by atoms with Gasteiger partial charge in [0.2, 0.25) is 0 Å². The zero-order chi connectivity index (χ0) is 12.7. The first-order valence-electron chi connectivity index (χ1n) is 7.17. The standard InChI is InChI=1S/C14H30N2O/c1-5-15-10-14(12(2)3)16(4)11-13-8-6-7-9-17-13/h12-15H,5-11H2,1-4H3. The number of nitrogens with zero attached hydrogens (tertiary/aromatic N) is 1. The van der Waals surface area contributed by atoms with Gasteiger partial charge in [0.25, 0.3) is 0 Å². The van der Waals surface area contributed by atoms with Gasteiger partial charge in [-0.3, -0.25) is 4.90 Å². The molecule has 17 heavy (non-hydrogen) atoms. The van der Waals surface area contributed by atoms with E-state index in [1.54, 1.807) is 0 Å². The van der Waals surface area contributed by atoms with Crippen molar-refractivity contribution in [3.63, 3.8) is 0 Å². The van der Waals surface area contributed by atoms with Crippen LogP contribution in [0.15, 0.2) is 0 Å². The van der Waals surface area contributed by atoms with Gasteiger partial charge in [-0.05, 0) is 38.8 Å². The van der Waals surface area contributed by atoms with Crippen molar-refractivity contribution >= 4 is 0 Å². The number of ether oxygens (including phenoxy) is 1. The van der Waals surface area contributed by atoms with Gasteiger partial charge in [-0.2, -0.15) is 0 Å². The third-order valence-electron chi connectivity index (χ3n) is 3.70. The summed E-state index contributed by atoms with van der Waals surface area (Å²) in [6.45, 7) is 10.9. The highest BCUT2D eigenvalue weighted by Crippen LogP contribution is 2.16. The van der Waals surface area contributed by atoms with Crippen LogP contribution >= 0.6 is 0 Å². The maximum atomic E-state index is 5.82. The molecule has 102 valence electrons. The van der Waals surface area contributed by atoms with Gasteiger partial charge in [0, 0.05) is 25.7 Å². The molecule has 0 aromatic rings. The summed E-state index contributed by atoms with van der Waals surface area (Å²) in [5.41, 5.74) is 0. The molecule has 0 aromatic heterocycles. The monoisotopic (exact) mass is 242 g/mol. The zero-order valence-corrected chi connectivity index (χ0v) is 12.0. The van der Waals surface area contributed by atoms with Crippen LogP contribution in [0.4, 0.5) is 0 Å². The van der Waals surface area contributed by atoms with Gasteiger partial charge in [0.1, 0.15) is 0 Å². The molecular weight excluding hydrogens is 212 g/mol. The molecule has 1 heterocycles. The Balaban J connectivity index is 2.37. The van der Waals surface area contributed by atoms with E-state index in [9.17, 15) is 0 Å². The van der Waals surface area contributed by atoms with Crippen molar-refractivity contribution in [3.8, 4) is 0 Å². The van der Waals surface area contributed by atoms with Crippen LogP contribution in [0.5, 0.6) is 0 Å². The lowest BCUT2D eigenvalue weighted by atomic mass is 10.0. The third kappa shape index (κ3) is 5.36. The molecule has 0 bridgehead atoms. The Morgan fingerprint density at radius 2 is 2.12 bits per heavy atom. The van der Waals surface area contributed by atoms with Crippen LogP contribution in [0.3, 0.4) is 0 Å². The molecule has 1 saturated heterocycles. The molecule has 0 aromatic carbocycles. The predicted octanol–water partition coefficient (Wildman–Crippen LogP) is 2.12. The molecule has 0 aliphatic carbocycles. The first-order valence-corrected chi connectivity index (χ1v) is 7.17. The number of hydrogen-bond donors (Lipinski definition) is 1. The fraction of sp³-hybridized carbons (Fsp3) is 1.00. The Bertz CT molecular complexity index is 191. The van der Waals surface area contributed by atoms with Crippen molar-refractivity contribution in [2.45, 2.75) is 52.2 Å². The van der Waals surface area contributed by atoms with E-state index in [1.807, 2.05) is 0 Å². The van der Waals surface area contributed by atoms with Gasteiger partial charge in [-0.1, -0.05) is 20.8 Å². The van der Waals surface area contributed by atoms with Crippen LogP contribution in [-0.2, 0) is 4.74 Å². The fourth-order valence-electron chi connectivity index (χ4n) is 2.60. The largest absolute Gasteiger partial charge is 0.377 e. The Hall–Kier alpha value is -0.120. The highest BCUT2D eigenvalue weighted by atomic mass is 16.5. The lowest BCUT2D eigenvalue weighted by Gasteiger charge is -2.35. The minimum atomic E-state index is 0.455. The molecular formula is C14H30N2O. The van der Waals surface area contributed by atoms with Crippen LogP contribution in [-0.4, -0.2) is 50.3 Å². The minimum Gasteiger partial charge on any atom is -0.377 e. The van der Waals surface area contributed by atoms with Gasteiger partial charge in [-0.25, -0.2) is 0 Å². The highest BCUT2D eigenvalue weighted by Gasteiger charge is 2.22. The Morgan fingerprint density at radius 1 is 1.35 bits per heavy atom. The van der Waals surface area contributed by atoms with E-state index in [4.69, 9.17) is 4.74 Å². The molecule has 3 heteroatoms. The minimum absolute atomic E-state index is 0.455. The molecule has 2 unspecified atom stereocenters. The number of nitrogens with one attached hydrogen (secondary N) is 1. The molecule has 1 aliphatic heterocycles. The smallest absolute Gasteiger partial charge is 0.0702 e. The summed E-state index contributed by atoms with van der Waals surface area (Å²) in [7, 11) is 2.24. The van der Waals surface area contributed by atoms with Crippen molar-refractivity contribution in [3.05, 3.63) is 0 Å². The lowest BCUT2D eigenvalue weighted by Crippen LogP contribution is -2.47. The van der Waals surface area contributed by atoms with E-state index in [1.165, 1.54) is 19.3 Å². The van der Waals surface area contributed by atoms with E-state index in [2.05, 4.69) is 38.0 Å². The van der Waals surface area contributed by atoms with Gasteiger partial charge < -0.3 is 10.1 Å². The van der Waals surface area contributed by atoms with Crippen molar-refractivity contribution < 1.29 is 4.74 Å². The van der Waals surface area contributed by atoms with Gasteiger partial charge in [-0.15, -0.1) is 0 Å². The van der Waals surface area contributed by atoms with Crippen LogP contribution in [0, 0.1) is 5.92 Å². The second-order valence-corrected chi connectivity index (χ2v) is 5.55. The second kappa shape index (κ2) is 8.06. The quantitative estimate of drug-likeness (QED) is 0.740. The van der Waals surface area contributed by atoms with E-state index in [-0.39, 0.29) is 0 Å². The van der Waals surface area contributed by atoms with E-state index < -0.39 is 0 Å². The Kier molecular flexibility index (Phi) is 7.09. The van der Waals surface area contributed by atoms with Crippen molar-refractivity contribution in [1.29, 1.82) is 0 Å². The lowest BCUT2D eigenvalue weighted by molar-refractivity contribution is -0.0115. The molecule has 3 nitrogen and oxygen atoms in total. The van der Waals surface area contributed by atoms with E-state index in [0.717, 1.165) is 26.2 Å². The maximum Gasteiger partial charge on any atom is 0.0702 e. The Labute approximate surface area is 107 Å². The van der Waals surface area contributed by atoms with Crippen molar-refractivity contribution in [2.24, 2.45) is 5.92 Å². The summed E-state index contributed by atoms with van der Waals surface area (Å²) in [4.78, 5) is 2.48. The second-order valence-electron chi connectivity index (χ2n) is 5.55. The normalized spacial score (nSPS) is 23.3. The maximum absolute atomic E-state index is 5.82. The predicted molar refractivity (Wildman–Crippen MR) is 73.4 cm³/mol. The van der Waals surface area contributed by atoms with Crippen LogP contribution in [0.25, 0.3) is 0 Å². The van der Waals surface area contributed by atoms with Crippen molar-refractivity contribution in [1.82, 2.24) is 10.2 Å². The number of rotatable bonds is 7. The first-order chi connectivity index (χ1) is 8.15. The van der Waals surface area contributed by atoms with E-state index >= 15 is 0 Å². The highest BCUT2D eigenvalue weighted by molar-refractivity contribution is 4.78. The summed E-state index contributed by atoms with van der Waals surface area (Å²) in [5.74, 6) is 0.683. The molecule has 1 aliphatic rings. The van der Waals surface area contributed by atoms with Crippen molar-refractivity contribution in [2.75, 3.05) is 33.3 Å². The third-order valence-corrected chi connectivity index (χ3v) is 3.70. The zero-order valence-electron chi connectivity index (χ0n) is 12.0. The molecule has 0 amide bonds. The average Bonchev–Trinajstić information content (AvgIpc) is 2.30.